The number of carboxylic acid groups (broad SMARTS) is 1. The summed E-state index contributed by atoms with van der Waals surface area (Å²) < 4.78 is 0. The topological polar surface area (TPSA) is 82.5 Å². The van der Waals surface area contributed by atoms with E-state index < -0.39 is 5.97 Å². The van der Waals surface area contributed by atoms with E-state index in [1.807, 2.05) is 4.90 Å². The molecule has 1 atom stereocenters. The predicted octanol–water partition coefficient (Wildman–Crippen LogP) is 2.71. The summed E-state index contributed by atoms with van der Waals surface area (Å²) >= 11 is 1.25. The van der Waals surface area contributed by atoms with Gasteiger partial charge in [0.05, 0.1) is 6.54 Å². The molecule has 1 aliphatic rings. The summed E-state index contributed by atoms with van der Waals surface area (Å²) in [7, 11) is 0. The summed E-state index contributed by atoms with van der Waals surface area (Å²) in [5, 5.41) is 13.8. The molecule has 116 valence electrons. The Morgan fingerprint density at radius 2 is 2.33 bits per heavy atom. The third-order valence-corrected chi connectivity index (χ3v) is 4.52. The Hall–Kier alpha value is -1.63. The van der Waals surface area contributed by atoms with Gasteiger partial charge in [0, 0.05) is 18.0 Å². The highest BCUT2D eigenvalue weighted by molar-refractivity contribution is 7.09. The van der Waals surface area contributed by atoms with Crippen LogP contribution in [-0.4, -0.2) is 39.6 Å². The number of nitrogens with zero attached hydrogens (tertiary/aromatic N) is 2. The maximum atomic E-state index is 12.3. The first-order valence-corrected chi connectivity index (χ1v) is 8.22. The van der Waals surface area contributed by atoms with Crippen molar-refractivity contribution in [3.05, 3.63) is 16.1 Å². The highest BCUT2D eigenvalue weighted by atomic mass is 32.1. The van der Waals surface area contributed by atoms with Gasteiger partial charge in [-0.15, -0.1) is 11.3 Å². The minimum absolute atomic E-state index is 0.0334. The summed E-state index contributed by atoms with van der Waals surface area (Å²) in [6, 6.07) is 0.259. The van der Waals surface area contributed by atoms with Crippen molar-refractivity contribution >= 4 is 23.3 Å². The number of likely N-dealkylation sites (tertiary alicyclic amines) is 1. The van der Waals surface area contributed by atoms with Crippen molar-refractivity contribution in [2.75, 3.05) is 6.54 Å². The van der Waals surface area contributed by atoms with Gasteiger partial charge in [-0.25, -0.2) is 14.6 Å². The molecule has 2 amide bonds. The summed E-state index contributed by atoms with van der Waals surface area (Å²) in [6.45, 7) is 3.22. The number of hydrogen-bond donors (Lipinski definition) is 2. The molecule has 7 heteroatoms. The Balaban J connectivity index is 1.88. The lowest BCUT2D eigenvalue weighted by atomic mass is 9.99. The molecule has 6 nitrogen and oxygen atoms in total. The van der Waals surface area contributed by atoms with Gasteiger partial charge in [0.25, 0.3) is 0 Å². The summed E-state index contributed by atoms with van der Waals surface area (Å²) in [4.78, 5) is 28.9. The van der Waals surface area contributed by atoms with Crippen molar-refractivity contribution < 1.29 is 14.7 Å². The molecule has 1 aliphatic heterocycles. The van der Waals surface area contributed by atoms with Crippen LogP contribution in [0.2, 0.25) is 0 Å². The average molecular weight is 311 g/mol. The van der Waals surface area contributed by atoms with Crippen LogP contribution in [0.3, 0.4) is 0 Å². The van der Waals surface area contributed by atoms with Crippen LogP contribution in [0.25, 0.3) is 0 Å². The van der Waals surface area contributed by atoms with Crippen molar-refractivity contribution in [3.8, 4) is 0 Å². The Labute approximate surface area is 128 Å². The number of piperidine rings is 1. The van der Waals surface area contributed by atoms with Crippen LogP contribution < -0.4 is 5.32 Å². The molecule has 0 radical (unpaired) electrons. The number of carboxylic acids is 1. The first-order chi connectivity index (χ1) is 10.1. The van der Waals surface area contributed by atoms with Crippen LogP contribution in [0.1, 0.15) is 54.5 Å². The SMILES string of the molecule is CCCC1CCCCN1C(=O)NCc1nc(C(=O)O)cs1. The van der Waals surface area contributed by atoms with Gasteiger partial charge in [-0.2, -0.15) is 0 Å². The average Bonchev–Trinajstić information content (AvgIpc) is 2.95. The lowest BCUT2D eigenvalue weighted by Crippen LogP contribution is -2.48. The minimum atomic E-state index is -1.04. The largest absolute Gasteiger partial charge is 0.476 e. The number of aromatic nitrogens is 1. The Bertz CT molecular complexity index is 501. The van der Waals surface area contributed by atoms with Gasteiger partial charge in [-0.1, -0.05) is 13.3 Å². The van der Waals surface area contributed by atoms with Gasteiger partial charge in [0.15, 0.2) is 5.69 Å². The number of urea groups is 1. The van der Waals surface area contributed by atoms with Gasteiger partial charge in [0.2, 0.25) is 0 Å². The monoisotopic (exact) mass is 311 g/mol. The molecule has 1 saturated heterocycles. The Morgan fingerprint density at radius 3 is 3.00 bits per heavy atom. The van der Waals surface area contributed by atoms with E-state index in [-0.39, 0.29) is 18.3 Å². The van der Waals surface area contributed by atoms with E-state index in [2.05, 4.69) is 17.2 Å². The van der Waals surface area contributed by atoms with Crippen molar-refractivity contribution in [1.29, 1.82) is 0 Å². The molecule has 1 aromatic rings. The second-order valence-electron chi connectivity index (χ2n) is 5.22. The van der Waals surface area contributed by atoms with Crippen LogP contribution >= 0.6 is 11.3 Å². The van der Waals surface area contributed by atoms with E-state index in [4.69, 9.17) is 5.11 Å². The third kappa shape index (κ3) is 4.17. The fourth-order valence-electron chi connectivity index (χ4n) is 2.64. The fraction of sp³-hybridized carbons (Fsp3) is 0.643. The number of thiazole rings is 1. The maximum absolute atomic E-state index is 12.3. The highest BCUT2D eigenvalue weighted by Gasteiger charge is 2.25. The predicted molar refractivity (Wildman–Crippen MR) is 80.6 cm³/mol. The van der Waals surface area contributed by atoms with E-state index >= 15 is 0 Å². The standard InChI is InChI=1S/C14H21N3O3S/c1-2-5-10-6-3-4-7-17(10)14(20)15-8-12-16-11(9-21-12)13(18)19/h9-10H,2-8H2,1H3,(H,15,20)(H,18,19). The zero-order valence-corrected chi connectivity index (χ0v) is 13.0. The molecule has 2 heterocycles. The summed E-state index contributed by atoms with van der Waals surface area (Å²) in [5.41, 5.74) is 0.0334. The van der Waals surface area contributed by atoms with E-state index in [0.717, 1.165) is 32.2 Å². The number of nitrogens with one attached hydrogen (secondary N) is 1. The lowest BCUT2D eigenvalue weighted by Gasteiger charge is -2.35. The van der Waals surface area contributed by atoms with Gasteiger partial charge in [-0.05, 0) is 25.7 Å². The molecule has 21 heavy (non-hydrogen) atoms. The molecule has 0 bridgehead atoms. The Morgan fingerprint density at radius 1 is 1.52 bits per heavy atom. The molecule has 0 aliphatic carbocycles. The van der Waals surface area contributed by atoms with Crippen LogP contribution in [0.5, 0.6) is 0 Å². The zero-order valence-electron chi connectivity index (χ0n) is 12.2. The number of amides is 2. The molecule has 0 aromatic carbocycles. The third-order valence-electron chi connectivity index (χ3n) is 3.67. The van der Waals surface area contributed by atoms with Gasteiger partial charge >= 0.3 is 12.0 Å². The maximum Gasteiger partial charge on any atom is 0.355 e. The smallest absolute Gasteiger partial charge is 0.355 e. The highest BCUT2D eigenvalue weighted by Crippen LogP contribution is 2.21. The van der Waals surface area contributed by atoms with E-state index in [9.17, 15) is 9.59 Å². The molecule has 1 aromatic heterocycles. The van der Waals surface area contributed by atoms with E-state index in [0.29, 0.717) is 11.0 Å². The van der Waals surface area contributed by atoms with Crippen molar-refractivity contribution in [2.24, 2.45) is 0 Å². The summed E-state index contributed by atoms with van der Waals surface area (Å²) in [5.74, 6) is -1.04. The number of rotatable bonds is 5. The fourth-order valence-corrected chi connectivity index (χ4v) is 3.35. The zero-order chi connectivity index (χ0) is 15.2. The first-order valence-electron chi connectivity index (χ1n) is 7.34. The molecule has 0 spiro atoms. The quantitative estimate of drug-likeness (QED) is 0.876. The van der Waals surface area contributed by atoms with Crippen LogP contribution in [0, 0.1) is 0 Å². The number of carbonyl (C=O) groups is 2. The van der Waals surface area contributed by atoms with Gasteiger partial charge in [0.1, 0.15) is 5.01 Å². The lowest BCUT2D eigenvalue weighted by molar-refractivity contribution is 0.0691. The van der Waals surface area contributed by atoms with Crippen molar-refractivity contribution in [3.63, 3.8) is 0 Å². The molecule has 2 N–H and O–H groups in total. The molecular weight excluding hydrogens is 290 g/mol. The first kappa shape index (κ1) is 15.8. The van der Waals surface area contributed by atoms with Gasteiger partial charge < -0.3 is 15.3 Å². The van der Waals surface area contributed by atoms with Crippen LogP contribution in [-0.2, 0) is 6.54 Å². The molecule has 1 unspecified atom stereocenters. The Kier molecular flexibility index (Phi) is 5.55. The second kappa shape index (κ2) is 7.40. The minimum Gasteiger partial charge on any atom is -0.476 e. The number of aromatic carboxylic acids is 1. The molecule has 2 rings (SSSR count). The van der Waals surface area contributed by atoms with E-state index in [1.54, 1.807) is 0 Å². The summed E-state index contributed by atoms with van der Waals surface area (Å²) in [6.07, 6.45) is 5.41. The van der Waals surface area contributed by atoms with Crippen molar-refractivity contribution in [1.82, 2.24) is 15.2 Å². The van der Waals surface area contributed by atoms with E-state index in [1.165, 1.54) is 23.1 Å². The number of hydrogen-bond acceptors (Lipinski definition) is 4. The van der Waals surface area contributed by atoms with Crippen molar-refractivity contribution in [2.45, 2.75) is 51.6 Å². The van der Waals surface area contributed by atoms with Crippen LogP contribution in [0.15, 0.2) is 5.38 Å². The number of carbonyl (C=O) groups excluding carboxylic acids is 1. The molecular formula is C14H21N3O3S. The normalized spacial score (nSPS) is 18.5. The van der Waals surface area contributed by atoms with Gasteiger partial charge in [-0.3, -0.25) is 0 Å². The second-order valence-corrected chi connectivity index (χ2v) is 6.16. The van der Waals surface area contributed by atoms with Crippen LogP contribution in [0.4, 0.5) is 4.79 Å². The molecule has 1 fully saturated rings. The molecule has 0 saturated carbocycles.